The summed E-state index contributed by atoms with van der Waals surface area (Å²) in [5.41, 5.74) is 1.18. The number of carbonyl (C=O) groups excluding carboxylic acids is 2. The van der Waals surface area contributed by atoms with Crippen LogP contribution < -0.4 is 0 Å². The second kappa shape index (κ2) is 10.2. The van der Waals surface area contributed by atoms with Crippen molar-refractivity contribution in [2.24, 2.45) is 5.92 Å². The summed E-state index contributed by atoms with van der Waals surface area (Å²) in [5.74, 6) is 0.440. The average Bonchev–Trinajstić information content (AvgIpc) is 2.62. The fraction of sp³-hybridized carbons (Fsp3) is 0.619. The van der Waals surface area contributed by atoms with Crippen molar-refractivity contribution in [3.8, 4) is 0 Å². The van der Waals surface area contributed by atoms with Gasteiger partial charge in [0.05, 0.1) is 13.0 Å². The Morgan fingerprint density at radius 1 is 1.12 bits per heavy atom. The predicted molar refractivity (Wildman–Crippen MR) is 99.1 cm³/mol. The van der Waals surface area contributed by atoms with E-state index in [1.807, 2.05) is 30.0 Å². The monoisotopic (exact) mass is 345 g/mol. The number of carbonyl (C=O) groups is 2. The molecule has 1 aromatic carbocycles. The van der Waals surface area contributed by atoms with Crippen molar-refractivity contribution < 1.29 is 14.3 Å². The first kappa shape index (κ1) is 19.5. The zero-order chi connectivity index (χ0) is 18.1. The van der Waals surface area contributed by atoms with Gasteiger partial charge in [-0.1, -0.05) is 50.1 Å². The molecule has 25 heavy (non-hydrogen) atoms. The van der Waals surface area contributed by atoms with Crippen molar-refractivity contribution in [2.45, 2.75) is 64.8 Å². The summed E-state index contributed by atoms with van der Waals surface area (Å²) in [6, 6.07) is 10.4. The molecule has 138 valence electrons. The first-order valence-corrected chi connectivity index (χ1v) is 9.60. The molecule has 1 fully saturated rings. The lowest BCUT2D eigenvalue weighted by atomic mass is 9.84. The van der Waals surface area contributed by atoms with Crippen molar-refractivity contribution >= 4 is 11.9 Å². The molecule has 0 saturated heterocycles. The maximum Gasteiger partial charge on any atom is 0.307 e. The van der Waals surface area contributed by atoms with Gasteiger partial charge in [0.15, 0.2) is 0 Å². The SMILES string of the molecule is CCOC(=O)CCN(C(=O)CCc1ccccc1)C1CCCCC1C. The van der Waals surface area contributed by atoms with Crippen LogP contribution in [0.3, 0.4) is 0 Å². The highest BCUT2D eigenvalue weighted by Crippen LogP contribution is 2.29. The van der Waals surface area contributed by atoms with E-state index in [0.717, 1.165) is 25.7 Å². The molecule has 2 rings (SSSR count). The minimum Gasteiger partial charge on any atom is -0.466 e. The van der Waals surface area contributed by atoms with Crippen molar-refractivity contribution in [3.05, 3.63) is 35.9 Å². The topological polar surface area (TPSA) is 46.6 Å². The number of nitrogens with zero attached hydrogens (tertiary/aromatic N) is 1. The van der Waals surface area contributed by atoms with E-state index in [9.17, 15) is 9.59 Å². The average molecular weight is 345 g/mol. The molecular weight excluding hydrogens is 314 g/mol. The number of benzene rings is 1. The molecular formula is C21H31NO3. The highest BCUT2D eigenvalue weighted by molar-refractivity contribution is 5.78. The van der Waals surface area contributed by atoms with Crippen LogP contribution in [0.4, 0.5) is 0 Å². The van der Waals surface area contributed by atoms with Crippen molar-refractivity contribution in [3.63, 3.8) is 0 Å². The number of hydrogen-bond donors (Lipinski definition) is 0. The van der Waals surface area contributed by atoms with Crippen LogP contribution in [0.1, 0.15) is 57.9 Å². The van der Waals surface area contributed by atoms with Crippen LogP contribution in [0, 0.1) is 5.92 Å². The Balaban J connectivity index is 1.98. The Morgan fingerprint density at radius 3 is 2.52 bits per heavy atom. The van der Waals surface area contributed by atoms with E-state index in [1.165, 1.54) is 12.0 Å². The van der Waals surface area contributed by atoms with Crippen LogP contribution in [0.25, 0.3) is 0 Å². The molecule has 2 unspecified atom stereocenters. The number of amides is 1. The molecule has 0 radical (unpaired) electrons. The lowest BCUT2D eigenvalue weighted by molar-refractivity contribution is -0.145. The molecule has 0 spiro atoms. The molecule has 0 aliphatic heterocycles. The van der Waals surface area contributed by atoms with Gasteiger partial charge in [-0.25, -0.2) is 0 Å². The highest BCUT2D eigenvalue weighted by Gasteiger charge is 2.30. The summed E-state index contributed by atoms with van der Waals surface area (Å²) in [4.78, 5) is 26.6. The fourth-order valence-corrected chi connectivity index (χ4v) is 3.72. The largest absolute Gasteiger partial charge is 0.466 e. The molecule has 1 aliphatic carbocycles. The van der Waals surface area contributed by atoms with Gasteiger partial charge in [-0.3, -0.25) is 9.59 Å². The van der Waals surface area contributed by atoms with Crippen molar-refractivity contribution in [1.82, 2.24) is 4.90 Å². The van der Waals surface area contributed by atoms with Crippen LogP contribution in [0.2, 0.25) is 0 Å². The zero-order valence-electron chi connectivity index (χ0n) is 15.6. The van der Waals surface area contributed by atoms with Gasteiger partial charge in [0.25, 0.3) is 0 Å². The Kier molecular flexibility index (Phi) is 7.96. The quantitative estimate of drug-likeness (QED) is 0.670. The zero-order valence-corrected chi connectivity index (χ0v) is 15.6. The number of aryl methyl sites for hydroxylation is 1. The maximum absolute atomic E-state index is 12.9. The standard InChI is InChI=1S/C21H31NO3/c1-3-25-21(24)15-16-22(19-12-8-7-9-17(19)2)20(23)14-13-18-10-5-4-6-11-18/h4-6,10-11,17,19H,3,7-9,12-16H2,1-2H3. The molecule has 1 aromatic rings. The number of esters is 1. The molecule has 2 atom stereocenters. The van der Waals surface area contributed by atoms with Gasteiger partial charge < -0.3 is 9.64 Å². The van der Waals surface area contributed by atoms with Crippen LogP contribution in [0.5, 0.6) is 0 Å². The molecule has 1 amide bonds. The van der Waals surface area contributed by atoms with E-state index in [-0.39, 0.29) is 24.3 Å². The second-order valence-corrected chi connectivity index (χ2v) is 6.96. The lowest BCUT2D eigenvalue weighted by Crippen LogP contribution is -2.46. The Labute approximate surface area is 151 Å². The summed E-state index contributed by atoms with van der Waals surface area (Å²) in [7, 11) is 0. The third-order valence-electron chi connectivity index (χ3n) is 5.12. The molecule has 0 aromatic heterocycles. The first-order chi connectivity index (χ1) is 12.1. The van der Waals surface area contributed by atoms with E-state index in [0.29, 0.717) is 25.5 Å². The lowest BCUT2D eigenvalue weighted by Gasteiger charge is -2.38. The summed E-state index contributed by atoms with van der Waals surface area (Å²) < 4.78 is 5.04. The van der Waals surface area contributed by atoms with Crippen LogP contribution in [0.15, 0.2) is 30.3 Å². The minimum absolute atomic E-state index is 0.159. The summed E-state index contributed by atoms with van der Waals surface area (Å²) in [5, 5.41) is 0. The molecule has 1 aliphatic rings. The summed E-state index contributed by atoms with van der Waals surface area (Å²) >= 11 is 0. The van der Waals surface area contributed by atoms with Crippen LogP contribution in [-0.4, -0.2) is 36.0 Å². The van der Waals surface area contributed by atoms with E-state index >= 15 is 0 Å². The number of ether oxygens (including phenoxy) is 1. The van der Waals surface area contributed by atoms with E-state index in [4.69, 9.17) is 4.74 Å². The maximum atomic E-state index is 12.9. The molecule has 0 heterocycles. The van der Waals surface area contributed by atoms with Gasteiger partial charge in [-0.2, -0.15) is 0 Å². The molecule has 0 N–H and O–H groups in total. The van der Waals surface area contributed by atoms with Gasteiger partial charge in [-0.05, 0) is 37.7 Å². The molecule has 4 nitrogen and oxygen atoms in total. The number of hydrogen-bond acceptors (Lipinski definition) is 3. The Hall–Kier alpha value is -1.84. The normalized spacial score (nSPS) is 20.1. The van der Waals surface area contributed by atoms with Gasteiger partial charge >= 0.3 is 5.97 Å². The summed E-state index contributed by atoms with van der Waals surface area (Å²) in [6.07, 6.45) is 6.13. The number of rotatable bonds is 8. The third kappa shape index (κ3) is 6.18. The predicted octanol–water partition coefficient (Wildman–Crippen LogP) is 3.98. The van der Waals surface area contributed by atoms with Gasteiger partial charge in [0, 0.05) is 19.0 Å². The van der Waals surface area contributed by atoms with E-state index in [2.05, 4.69) is 19.1 Å². The molecule has 4 heteroatoms. The third-order valence-corrected chi connectivity index (χ3v) is 5.12. The van der Waals surface area contributed by atoms with Gasteiger partial charge in [0.2, 0.25) is 5.91 Å². The van der Waals surface area contributed by atoms with Crippen LogP contribution >= 0.6 is 0 Å². The van der Waals surface area contributed by atoms with Crippen molar-refractivity contribution in [2.75, 3.05) is 13.2 Å². The highest BCUT2D eigenvalue weighted by atomic mass is 16.5. The van der Waals surface area contributed by atoms with E-state index in [1.54, 1.807) is 0 Å². The van der Waals surface area contributed by atoms with Crippen molar-refractivity contribution in [1.29, 1.82) is 0 Å². The minimum atomic E-state index is -0.216. The first-order valence-electron chi connectivity index (χ1n) is 9.60. The Morgan fingerprint density at radius 2 is 1.84 bits per heavy atom. The van der Waals surface area contributed by atoms with Gasteiger partial charge in [-0.15, -0.1) is 0 Å². The summed E-state index contributed by atoms with van der Waals surface area (Å²) in [6.45, 7) is 4.90. The molecule has 1 saturated carbocycles. The molecule has 0 bridgehead atoms. The second-order valence-electron chi connectivity index (χ2n) is 6.96. The Bertz CT molecular complexity index is 543. The smallest absolute Gasteiger partial charge is 0.307 e. The van der Waals surface area contributed by atoms with Gasteiger partial charge in [0.1, 0.15) is 0 Å². The van der Waals surface area contributed by atoms with Crippen LogP contribution in [-0.2, 0) is 20.7 Å². The van der Waals surface area contributed by atoms with E-state index < -0.39 is 0 Å². The fourth-order valence-electron chi connectivity index (χ4n) is 3.72.